The first kappa shape index (κ1) is 20.2. The molecule has 0 fully saturated rings. The Bertz CT molecular complexity index is 1100. The number of phenols is 1. The number of nitrogens with zero attached hydrogens (tertiary/aromatic N) is 2. The van der Waals surface area contributed by atoms with Gasteiger partial charge in [-0.3, -0.25) is 9.40 Å². The van der Waals surface area contributed by atoms with E-state index in [1.54, 1.807) is 35.1 Å². The first-order valence-corrected chi connectivity index (χ1v) is 10.0. The van der Waals surface area contributed by atoms with Gasteiger partial charge in [0.15, 0.2) is 0 Å². The van der Waals surface area contributed by atoms with Crippen LogP contribution in [0.4, 0.5) is 5.69 Å². The van der Waals surface area contributed by atoms with Gasteiger partial charge in [-0.05, 0) is 36.4 Å². The third-order valence-electron chi connectivity index (χ3n) is 3.92. The monoisotopic (exact) mass is 417 g/mol. The number of sulfonamides is 1. The van der Waals surface area contributed by atoms with E-state index in [2.05, 4.69) is 14.6 Å². The molecule has 1 heterocycles. The summed E-state index contributed by atoms with van der Waals surface area (Å²) in [5.74, 6) is -0.728. The van der Waals surface area contributed by atoms with Gasteiger partial charge in [0.2, 0.25) is 0 Å². The zero-order valence-electron chi connectivity index (χ0n) is 15.5. The fourth-order valence-electron chi connectivity index (χ4n) is 2.51. The first-order valence-electron chi connectivity index (χ1n) is 8.53. The van der Waals surface area contributed by atoms with Gasteiger partial charge in [-0.15, -0.1) is 0 Å². The molecule has 0 radical (unpaired) electrons. The predicted molar refractivity (Wildman–Crippen MR) is 104 cm³/mol. The number of methoxy groups -OCH3 is 1. The molecular weight excluding hydrogens is 398 g/mol. The molecule has 0 aliphatic heterocycles. The Balaban J connectivity index is 1.72. The second kappa shape index (κ2) is 8.65. The van der Waals surface area contributed by atoms with Crippen molar-refractivity contribution < 1.29 is 27.8 Å². The molecule has 3 rings (SSSR count). The number of aromatic hydroxyl groups is 1. The van der Waals surface area contributed by atoms with E-state index in [0.29, 0.717) is 18.9 Å². The maximum Gasteiger partial charge on any atom is 0.341 e. The fraction of sp³-hybridized carbons (Fsp3) is 0.158. The van der Waals surface area contributed by atoms with Gasteiger partial charge in [0.1, 0.15) is 23.7 Å². The highest BCUT2D eigenvalue weighted by atomic mass is 32.2. The third kappa shape index (κ3) is 5.05. The second-order valence-corrected chi connectivity index (χ2v) is 7.60. The number of hydrogen-bond donors (Lipinski definition) is 2. The predicted octanol–water partition coefficient (Wildman–Crippen LogP) is 2.26. The minimum absolute atomic E-state index is 0.194. The second-order valence-electron chi connectivity index (χ2n) is 5.92. The molecule has 152 valence electrons. The number of rotatable bonds is 8. The average molecular weight is 417 g/mol. The fourth-order valence-corrected chi connectivity index (χ4v) is 3.58. The molecule has 2 aromatic carbocycles. The lowest BCUT2D eigenvalue weighted by molar-refractivity contribution is 0.0597. The van der Waals surface area contributed by atoms with Crippen molar-refractivity contribution in [2.45, 2.75) is 11.4 Å². The molecule has 0 saturated carbocycles. The van der Waals surface area contributed by atoms with Crippen molar-refractivity contribution in [3.8, 4) is 11.5 Å². The molecule has 3 aromatic rings. The highest BCUT2D eigenvalue weighted by Crippen LogP contribution is 2.25. The van der Waals surface area contributed by atoms with Crippen LogP contribution in [0, 0.1) is 0 Å². The summed E-state index contributed by atoms with van der Waals surface area (Å²) in [6.45, 7) is 0.908. The minimum atomic E-state index is -4.01. The number of phenolic OH excluding ortho intramolecular Hbond substituents is 1. The summed E-state index contributed by atoms with van der Waals surface area (Å²) in [5.41, 5.74) is 0.0420. The SMILES string of the molecule is COC(=O)c1cc(S(=O)(=O)Nc2cccc(OCCn3cccn3)c2)ccc1O. The molecule has 29 heavy (non-hydrogen) atoms. The lowest BCUT2D eigenvalue weighted by atomic mass is 10.2. The van der Waals surface area contributed by atoms with E-state index >= 15 is 0 Å². The Labute approximate surface area is 167 Å². The first-order chi connectivity index (χ1) is 13.9. The minimum Gasteiger partial charge on any atom is -0.507 e. The molecule has 10 heteroatoms. The van der Waals surface area contributed by atoms with Crippen LogP contribution in [0.1, 0.15) is 10.4 Å². The van der Waals surface area contributed by atoms with Crippen molar-refractivity contribution in [1.29, 1.82) is 0 Å². The zero-order valence-corrected chi connectivity index (χ0v) is 16.3. The highest BCUT2D eigenvalue weighted by Gasteiger charge is 2.20. The standard InChI is InChI=1S/C19H19N3O6S/c1-27-19(24)17-13-16(6-7-18(17)23)29(25,26)21-14-4-2-5-15(12-14)28-11-10-22-9-3-8-20-22/h2-9,12-13,21,23H,10-11H2,1H3. The van der Waals surface area contributed by atoms with Gasteiger partial charge < -0.3 is 14.6 Å². The smallest absolute Gasteiger partial charge is 0.341 e. The number of carbonyl (C=O) groups is 1. The van der Waals surface area contributed by atoms with Crippen LogP contribution in [-0.4, -0.2) is 43.0 Å². The lowest BCUT2D eigenvalue weighted by Gasteiger charge is -2.12. The summed E-state index contributed by atoms with van der Waals surface area (Å²) >= 11 is 0. The molecule has 1 aromatic heterocycles. The number of nitrogens with one attached hydrogen (secondary N) is 1. The largest absolute Gasteiger partial charge is 0.507 e. The third-order valence-corrected chi connectivity index (χ3v) is 5.30. The van der Waals surface area contributed by atoms with E-state index in [4.69, 9.17) is 4.74 Å². The number of carbonyl (C=O) groups excluding carboxylic acids is 1. The number of hydrogen-bond acceptors (Lipinski definition) is 7. The molecule has 9 nitrogen and oxygen atoms in total. The number of esters is 1. The van der Waals surface area contributed by atoms with Crippen molar-refractivity contribution in [2.75, 3.05) is 18.4 Å². The van der Waals surface area contributed by atoms with E-state index in [9.17, 15) is 18.3 Å². The molecule has 0 atom stereocenters. The van der Waals surface area contributed by atoms with Gasteiger partial charge >= 0.3 is 5.97 Å². The van der Waals surface area contributed by atoms with Gasteiger partial charge in [0.25, 0.3) is 10.0 Å². The van der Waals surface area contributed by atoms with Crippen molar-refractivity contribution in [2.24, 2.45) is 0 Å². The number of benzene rings is 2. The van der Waals surface area contributed by atoms with Crippen LogP contribution in [0.5, 0.6) is 11.5 Å². The summed E-state index contributed by atoms with van der Waals surface area (Å²) in [7, 11) is -2.87. The van der Waals surface area contributed by atoms with Crippen LogP contribution >= 0.6 is 0 Å². The van der Waals surface area contributed by atoms with Gasteiger partial charge in [-0.2, -0.15) is 5.10 Å². The summed E-state index contributed by atoms with van der Waals surface area (Å²) in [6.07, 6.45) is 3.48. The summed E-state index contributed by atoms with van der Waals surface area (Å²) in [6, 6.07) is 11.6. The number of ether oxygens (including phenoxy) is 2. The van der Waals surface area contributed by atoms with Crippen LogP contribution in [0.25, 0.3) is 0 Å². The summed E-state index contributed by atoms with van der Waals surface area (Å²) in [5, 5.41) is 13.8. The van der Waals surface area contributed by atoms with Gasteiger partial charge in [0, 0.05) is 18.5 Å². The highest BCUT2D eigenvalue weighted by molar-refractivity contribution is 7.92. The maximum atomic E-state index is 12.7. The Kier molecular flexibility index (Phi) is 6.03. The number of anilines is 1. The Hall–Kier alpha value is -3.53. The van der Waals surface area contributed by atoms with Crippen LogP contribution in [0.15, 0.2) is 65.8 Å². The molecule has 0 aliphatic carbocycles. The Morgan fingerprint density at radius 3 is 2.76 bits per heavy atom. The molecule has 0 spiro atoms. The van der Waals surface area contributed by atoms with Crippen molar-refractivity contribution in [1.82, 2.24) is 9.78 Å². The molecule has 0 saturated heterocycles. The van der Waals surface area contributed by atoms with Crippen LogP contribution in [0.2, 0.25) is 0 Å². The average Bonchev–Trinajstić information content (AvgIpc) is 3.21. The molecule has 0 amide bonds. The van der Waals surface area contributed by atoms with Crippen molar-refractivity contribution in [3.05, 3.63) is 66.5 Å². The van der Waals surface area contributed by atoms with E-state index in [1.165, 1.54) is 6.07 Å². The molecule has 2 N–H and O–H groups in total. The van der Waals surface area contributed by atoms with Gasteiger partial charge in [-0.25, -0.2) is 13.2 Å². The topological polar surface area (TPSA) is 120 Å². The lowest BCUT2D eigenvalue weighted by Crippen LogP contribution is -2.14. The normalized spacial score (nSPS) is 11.1. The van der Waals surface area contributed by atoms with E-state index < -0.39 is 16.0 Å². The summed E-state index contributed by atoms with van der Waals surface area (Å²) in [4.78, 5) is 11.5. The molecular formula is C19H19N3O6S. The zero-order chi connectivity index (χ0) is 20.9. The molecule has 0 aliphatic rings. The van der Waals surface area contributed by atoms with E-state index in [1.807, 2.05) is 12.3 Å². The van der Waals surface area contributed by atoms with Crippen molar-refractivity contribution in [3.63, 3.8) is 0 Å². The van der Waals surface area contributed by atoms with Crippen LogP contribution in [0.3, 0.4) is 0 Å². The van der Waals surface area contributed by atoms with Crippen molar-refractivity contribution >= 4 is 21.7 Å². The molecule has 0 bridgehead atoms. The van der Waals surface area contributed by atoms with Crippen LogP contribution < -0.4 is 9.46 Å². The van der Waals surface area contributed by atoms with E-state index in [0.717, 1.165) is 19.2 Å². The maximum absolute atomic E-state index is 12.7. The number of aromatic nitrogens is 2. The molecule has 0 unspecified atom stereocenters. The van der Waals surface area contributed by atoms with E-state index in [-0.39, 0.29) is 21.9 Å². The van der Waals surface area contributed by atoms with Gasteiger partial charge in [0.05, 0.1) is 24.2 Å². The summed E-state index contributed by atoms with van der Waals surface area (Å²) < 4.78 is 39.6. The van der Waals surface area contributed by atoms with Crippen LogP contribution in [-0.2, 0) is 21.3 Å². The Morgan fingerprint density at radius 1 is 1.21 bits per heavy atom. The van der Waals surface area contributed by atoms with Gasteiger partial charge in [-0.1, -0.05) is 6.07 Å². The Morgan fingerprint density at radius 2 is 2.03 bits per heavy atom. The quantitative estimate of drug-likeness (QED) is 0.540.